The van der Waals surface area contributed by atoms with Gasteiger partial charge in [-0.05, 0) is 38.2 Å². The number of anilines is 1. The minimum atomic E-state index is -0.813. The summed E-state index contributed by atoms with van der Waals surface area (Å²) >= 11 is 0. The molecular weight excluding hydrogens is 320 g/mol. The Balaban J connectivity index is 1.57. The van der Waals surface area contributed by atoms with E-state index in [1.165, 1.54) is 0 Å². The Morgan fingerprint density at radius 1 is 1.28 bits per heavy atom. The van der Waals surface area contributed by atoms with Gasteiger partial charge in [-0.15, -0.1) is 0 Å². The van der Waals surface area contributed by atoms with Gasteiger partial charge < -0.3 is 20.2 Å². The molecule has 2 aliphatic rings. The first kappa shape index (κ1) is 17.7. The minimum absolute atomic E-state index is 0.0290. The number of hydrogen-bond donors (Lipinski definition) is 2. The number of carbonyl (C=O) groups excluding carboxylic acids is 2. The quantitative estimate of drug-likeness (QED) is 0.803. The van der Waals surface area contributed by atoms with E-state index in [9.17, 15) is 14.7 Å². The van der Waals surface area contributed by atoms with Gasteiger partial charge in [0.2, 0.25) is 5.91 Å². The number of urea groups is 1. The van der Waals surface area contributed by atoms with Crippen molar-refractivity contribution in [3.8, 4) is 0 Å². The number of nitrogens with zero attached hydrogens (tertiary/aromatic N) is 3. The van der Waals surface area contributed by atoms with Crippen molar-refractivity contribution in [1.82, 2.24) is 15.1 Å². The van der Waals surface area contributed by atoms with Crippen LogP contribution in [0.2, 0.25) is 0 Å². The predicted octanol–water partition coefficient (Wildman–Crippen LogP) is 0.284. The van der Waals surface area contributed by atoms with Crippen LogP contribution in [-0.2, 0) is 11.2 Å². The summed E-state index contributed by atoms with van der Waals surface area (Å²) in [5, 5.41) is 13.3. The molecule has 1 atom stereocenters. The Hall–Kier alpha value is -2.12. The van der Waals surface area contributed by atoms with Crippen molar-refractivity contribution in [3.63, 3.8) is 0 Å². The van der Waals surface area contributed by atoms with Crippen molar-refractivity contribution < 1.29 is 14.7 Å². The van der Waals surface area contributed by atoms with Crippen molar-refractivity contribution in [3.05, 3.63) is 29.8 Å². The fourth-order valence-electron chi connectivity index (χ4n) is 3.59. The van der Waals surface area contributed by atoms with Crippen LogP contribution in [0.1, 0.15) is 12.0 Å². The van der Waals surface area contributed by atoms with Crippen molar-refractivity contribution in [2.45, 2.75) is 18.4 Å². The highest BCUT2D eigenvalue weighted by molar-refractivity contribution is 5.94. The summed E-state index contributed by atoms with van der Waals surface area (Å²) in [5.74, 6) is 0.0290. The normalized spacial score (nSPS) is 23.4. The summed E-state index contributed by atoms with van der Waals surface area (Å²) in [7, 11) is 3.84. The molecule has 0 unspecified atom stereocenters. The third kappa shape index (κ3) is 4.11. The van der Waals surface area contributed by atoms with Crippen molar-refractivity contribution in [2.24, 2.45) is 0 Å². The van der Waals surface area contributed by atoms with E-state index in [0.717, 1.165) is 11.3 Å². The maximum absolute atomic E-state index is 12.5. The van der Waals surface area contributed by atoms with E-state index < -0.39 is 5.60 Å². The molecule has 1 aromatic rings. The van der Waals surface area contributed by atoms with Crippen molar-refractivity contribution >= 4 is 17.6 Å². The molecule has 25 heavy (non-hydrogen) atoms. The molecule has 0 aromatic heterocycles. The van der Waals surface area contributed by atoms with Crippen LogP contribution < -0.4 is 10.2 Å². The van der Waals surface area contributed by atoms with Crippen LogP contribution in [0.3, 0.4) is 0 Å². The number of amides is 3. The molecule has 136 valence electrons. The van der Waals surface area contributed by atoms with Crippen molar-refractivity contribution in [1.29, 1.82) is 0 Å². The van der Waals surface area contributed by atoms with E-state index >= 15 is 0 Å². The third-order valence-electron chi connectivity index (χ3n) is 4.76. The largest absolute Gasteiger partial charge is 0.387 e. The maximum Gasteiger partial charge on any atom is 0.321 e. The first-order valence-corrected chi connectivity index (χ1v) is 8.65. The second kappa shape index (κ2) is 7.01. The lowest BCUT2D eigenvalue weighted by Gasteiger charge is -2.26. The molecule has 0 radical (unpaired) electrons. The van der Waals surface area contributed by atoms with Gasteiger partial charge in [-0.2, -0.15) is 0 Å². The molecule has 0 spiro atoms. The van der Waals surface area contributed by atoms with Gasteiger partial charge in [0.05, 0.1) is 18.6 Å². The van der Waals surface area contributed by atoms with Crippen LogP contribution >= 0.6 is 0 Å². The lowest BCUT2D eigenvalue weighted by atomic mass is 10.0. The van der Waals surface area contributed by atoms with Crippen LogP contribution in [0.4, 0.5) is 10.5 Å². The van der Waals surface area contributed by atoms with Crippen LogP contribution in [-0.4, -0.2) is 79.3 Å². The van der Waals surface area contributed by atoms with Gasteiger partial charge in [0, 0.05) is 31.9 Å². The van der Waals surface area contributed by atoms with Gasteiger partial charge in [-0.25, -0.2) is 4.79 Å². The number of hydrogen-bond acceptors (Lipinski definition) is 4. The van der Waals surface area contributed by atoms with E-state index in [4.69, 9.17) is 0 Å². The third-order valence-corrected chi connectivity index (χ3v) is 4.76. The van der Waals surface area contributed by atoms with Crippen molar-refractivity contribution in [2.75, 3.05) is 51.7 Å². The van der Waals surface area contributed by atoms with Gasteiger partial charge in [0.25, 0.3) is 0 Å². The number of aliphatic hydroxyl groups is 1. The van der Waals surface area contributed by atoms with E-state index in [1.54, 1.807) is 9.80 Å². The fraction of sp³-hybridized carbons (Fsp3) is 0.556. The standard InChI is InChI=1S/C18H26N4O3/c1-20(2)12-18(25)7-9-21(13-18)16(23)11-14-3-5-15(6-4-14)22-10-8-19-17(22)24/h3-6,25H,7-13H2,1-2H3,(H,19,24)/t18-/m1/s1. The maximum atomic E-state index is 12.5. The first-order valence-electron chi connectivity index (χ1n) is 8.65. The average Bonchev–Trinajstić information content (AvgIpc) is 3.13. The number of nitrogens with one attached hydrogen (secondary N) is 1. The summed E-state index contributed by atoms with van der Waals surface area (Å²) in [4.78, 5) is 29.6. The Bertz CT molecular complexity index is 646. The van der Waals surface area contributed by atoms with Crippen LogP contribution in [0.25, 0.3) is 0 Å². The van der Waals surface area contributed by atoms with Crippen LogP contribution in [0, 0.1) is 0 Å². The minimum Gasteiger partial charge on any atom is -0.387 e. The topological polar surface area (TPSA) is 76.1 Å². The van der Waals surface area contributed by atoms with Gasteiger partial charge in [-0.3, -0.25) is 9.69 Å². The summed E-state index contributed by atoms with van der Waals surface area (Å²) < 4.78 is 0. The molecule has 0 bridgehead atoms. The van der Waals surface area contributed by atoms with E-state index in [1.807, 2.05) is 43.3 Å². The summed E-state index contributed by atoms with van der Waals surface area (Å²) in [6.07, 6.45) is 0.921. The number of carbonyl (C=O) groups is 2. The molecule has 3 amide bonds. The Morgan fingerprint density at radius 2 is 2.00 bits per heavy atom. The molecule has 3 rings (SSSR count). The molecule has 0 aliphatic carbocycles. The van der Waals surface area contributed by atoms with Crippen LogP contribution in [0.15, 0.2) is 24.3 Å². The lowest BCUT2D eigenvalue weighted by Crippen LogP contribution is -2.43. The predicted molar refractivity (Wildman–Crippen MR) is 95.6 cm³/mol. The lowest BCUT2D eigenvalue weighted by molar-refractivity contribution is -0.130. The molecule has 2 N–H and O–H groups in total. The second-order valence-corrected chi connectivity index (χ2v) is 7.25. The smallest absolute Gasteiger partial charge is 0.321 e. The molecule has 7 heteroatoms. The SMILES string of the molecule is CN(C)C[C@]1(O)CCN(C(=O)Cc2ccc(N3CCNC3=O)cc2)C1. The van der Waals surface area contributed by atoms with E-state index in [2.05, 4.69) is 5.32 Å². The van der Waals surface area contributed by atoms with Crippen LogP contribution in [0.5, 0.6) is 0 Å². The second-order valence-electron chi connectivity index (χ2n) is 7.25. The summed E-state index contributed by atoms with van der Waals surface area (Å²) in [5.41, 5.74) is 0.940. The average molecular weight is 346 g/mol. The molecule has 2 fully saturated rings. The number of rotatable bonds is 5. The zero-order chi connectivity index (χ0) is 18.0. The van der Waals surface area contributed by atoms with Gasteiger partial charge >= 0.3 is 6.03 Å². The molecule has 1 aromatic carbocycles. The number of benzene rings is 1. The monoisotopic (exact) mass is 346 g/mol. The highest BCUT2D eigenvalue weighted by Gasteiger charge is 2.38. The fourth-order valence-corrected chi connectivity index (χ4v) is 3.59. The zero-order valence-corrected chi connectivity index (χ0v) is 14.9. The molecule has 0 saturated carbocycles. The number of likely N-dealkylation sites (tertiary alicyclic amines) is 1. The molecule has 2 heterocycles. The van der Waals surface area contributed by atoms with Gasteiger partial charge in [0.15, 0.2) is 0 Å². The highest BCUT2D eigenvalue weighted by atomic mass is 16.3. The Labute approximate surface area is 148 Å². The zero-order valence-electron chi connectivity index (χ0n) is 14.9. The number of β-amino-alcohol motifs (C(OH)–C–C–N with tert-alkyl or cyclic N) is 1. The number of likely N-dealkylation sites (N-methyl/N-ethyl adjacent to an activating group) is 1. The van der Waals surface area contributed by atoms with Gasteiger partial charge in [0.1, 0.15) is 0 Å². The highest BCUT2D eigenvalue weighted by Crippen LogP contribution is 2.23. The molecule has 2 aliphatic heterocycles. The molecule has 2 saturated heterocycles. The molecular formula is C18H26N4O3. The molecule has 7 nitrogen and oxygen atoms in total. The Morgan fingerprint density at radius 3 is 2.60 bits per heavy atom. The Kier molecular flexibility index (Phi) is 4.96. The van der Waals surface area contributed by atoms with E-state index in [-0.39, 0.29) is 11.9 Å². The first-order chi connectivity index (χ1) is 11.9. The summed E-state index contributed by atoms with van der Waals surface area (Å²) in [6, 6.07) is 7.45. The van der Waals surface area contributed by atoms with E-state index in [0.29, 0.717) is 45.6 Å². The van der Waals surface area contributed by atoms with Gasteiger partial charge in [-0.1, -0.05) is 12.1 Å². The summed E-state index contributed by atoms with van der Waals surface area (Å²) in [6.45, 7) is 2.86.